The number of nitrogens with zero attached hydrogens (tertiary/aromatic N) is 1. The Bertz CT molecular complexity index is 1230. The van der Waals surface area contributed by atoms with Crippen LogP contribution in [0.3, 0.4) is 0 Å². The number of hydrogen-bond acceptors (Lipinski definition) is 8. The first-order valence-electron chi connectivity index (χ1n) is 13.6. The molecule has 0 bridgehead atoms. The second kappa shape index (κ2) is 15.1. The van der Waals surface area contributed by atoms with Crippen molar-refractivity contribution in [3.05, 3.63) is 59.2 Å². The lowest BCUT2D eigenvalue weighted by Gasteiger charge is -2.23. The van der Waals surface area contributed by atoms with Gasteiger partial charge in [0, 0.05) is 38.3 Å². The summed E-state index contributed by atoms with van der Waals surface area (Å²) in [6.45, 7) is 1.31. The monoisotopic (exact) mass is 592 g/mol. The van der Waals surface area contributed by atoms with Crippen LogP contribution in [0.15, 0.2) is 42.5 Å². The Morgan fingerprint density at radius 3 is 2.31 bits per heavy atom. The molecular weight excluding hydrogens is 556 g/mol. The fourth-order valence-electron chi connectivity index (χ4n) is 4.50. The van der Waals surface area contributed by atoms with Gasteiger partial charge in [0.2, 0.25) is 17.7 Å². The van der Waals surface area contributed by atoms with Gasteiger partial charge >= 0.3 is 13.3 Å². The fourth-order valence-corrected chi connectivity index (χ4v) is 4.50. The van der Waals surface area contributed by atoms with Gasteiger partial charge in [-0.1, -0.05) is 18.2 Å². The molecule has 228 valence electrons. The second-order valence-corrected chi connectivity index (χ2v) is 9.96. The summed E-state index contributed by atoms with van der Waals surface area (Å²) in [5.74, 6) is -1.49. The van der Waals surface area contributed by atoms with Crippen LogP contribution in [0.1, 0.15) is 36.0 Å². The molecule has 42 heavy (non-hydrogen) atoms. The minimum atomic E-state index is -4.48. The first kappa shape index (κ1) is 33.0. The molecule has 2 aromatic carbocycles. The summed E-state index contributed by atoms with van der Waals surface area (Å²) in [6.07, 6.45) is -4.25. The van der Waals surface area contributed by atoms with Crippen molar-refractivity contribution >= 4 is 36.0 Å². The molecule has 1 heterocycles. The molecule has 0 spiro atoms. The number of halogens is 3. The van der Waals surface area contributed by atoms with Gasteiger partial charge in [-0.15, -0.1) is 0 Å². The molecule has 11 nitrogen and oxygen atoms in total. The zero-order valence-electron chi connectivity index (χ0n) is 23.0. The van der Waals surface area contributed by atoms with E-state index < -0.39 is 42.8 Å². The number of fused-ring (bicyclic) bond motifs is 1. The van der Waals surface area contributed by atoms with Crippen molar-refractivity contribution in [3.8, 4) is 0 Å². The van der Waals surface area contributed by atoms with Crippen molar-refractivity contribution in [1.29, 1.82) is 0 Å². The van der Waals surface area contributed by atoms with E-state index in [9.17, 15) is 32.6 Å². The largest absolute Gasteiger partial charge is 0.491 e. The van der Waals surface area contributed by atoms with Crippen LogP contribution in [0, 0.1) is 0 Å². The third-order valence-corrected chi connectivity index (χ3v) is 6.87. The van der Waals surface area contributed by atoms with E-state index in [1.165, 1.54) is 17.0 Å². The van der Waals surface area contributed by atoms with Gasteiger partial charge in [0.25, 0.3) is 0 Å². The molecule has 0 saturated carbocycles. The standard InChI is InChI=1S/C27H36BF3N6O5/c29-27(30,31)19-4-1-17(2-5-19)3-9-23(26(40)35-20-6-7-21-18(15-20)16-42-28(21)41)36-25(39)22(34)8-10-24(38)37(13-11-32)14-12-33/h1-2,4-7,15,22-23,41H,3,8-14,16,32-34H2,(H,35,40)(H,36,39)/t22-,23+/m0/s1. The Labute approximate surface area is 242 Å². The summed E-state index contributed by atoms with van der Waals surface area (Å²) in [6, 6.07) is 7.18. The summed E-state index contributed by atoms with van der Waals surface area (Å²) in [5, 5.41) is 15.2. The normalized spacial score (nSPS) is 14.2. The Morgan fingerprint density at radius 2 is 1.69 bits per heavy atom. The Morgan fingerprint density at radius 1 is 1.02 bits per heavy atom. The van der Waals surface area contributed by atoms with Gasteiger partial charge in [-0.2, -0.15) is 13.2 Å². The maximum atomic E-state index is 13.3. The number of carbonyl (C=O) groups excluding carboxylic acids is 3. The van der Waals surface area contributed by atoms with Gasteiger partial charge in [-0.3, -0.25) is 14.4 Å². The summed E-state index contributed by atoms with van der Waals surface area (Å²) < 4.78 is 44.0. The highest BCUT2D eigenvalue weighted by Gasteiger charge is 2.31. The summed E-state index contributed by atoms with van der Waals surface area (Å²) in [5.41, 5.74) is 18.5. The molecule has 1 aliphatic rings. The first-order valence-corrected chi connectivity index (χ1v) is 13.6. The van der Waals surface area contributed by atoms with Crippen molar-refractivity contribution in [3.63, 3.8) is 0 Å². The lowest BCUT2D eigenvalue weighted by atomic mass is 9.79. The van der Waals surface area contributed by atoms with Gasteiger partial charge in [0.15, 0.2) is 0 Å². The van der Waals surface area contributed by atoms with E-state index in [0.29, 0.717) is 35.4 Å². The quantitative estimate of drug-likeness (QED) is 0.163. The van der Waals surface area contributed by atoms with Crippen LogP contribution < -0.4 is 33.3 Å². The van der Waals surface area contributed by atoms with Crippen molar-refractivity contribution in [2.24, 2.45) is 17.2 Å². The van der Waals surface area contributed by atoms with Crippen LogP contribution in [-0.4, -0.2) is 73.0 Å². The first-order chi connectivity index (χ1) is 19.9. The predicted octanol–water partition coefficient (Wildman–Crippen LogP) is -0.167. The molecule has 0 aliphatic carbocycles. The average Bonchev–Trinajstić information content (AvgIpc) is 3.32. The third-order valence-electron chi connectivity index (χ3n) is 6.87. The molecule has 0 saturated heterocycles. The Hall–Kier alpha value is -3.50. The third kappa shape index (κ3) is 9.26. The van der Waals surface area contributed by atoms with E-state index in [0.717, 1.165) is 12.1 Å². The minimum absolute atomic E-state index is 0.0106. The number of hydrogen-bond donors (Lipinski definition) is 6. The van der Waals surface area contributed by atoms with Crippen LogP contribution in [-0.2, 0) is 38.2 Å². The topological polar surface area (TPSA) is 186 Å². The molecule has 0 unspecified atom stereocenters. The number of rotatable bonds is 14. The van der Waals surface area contributed by atoms with Crippen molar-refractivity contribution < 1.29 is 37.2 Å². The van der Waals surface area contributed by atoms with Gasteiger partial charge in [0.1, 0.15) is 6.04 Å². The summed E-state index contributed by atoms with van der Waals surface area (Å²) in [7, 11) is -1.05. The molecular formula is C27H36BF3N6O5. The maximum Gasteiger partial charge on any atom is 0.491 e. The van der Waals surface area contributed by atoms with E-state index in [1.807, 2.05) is 0 Å². The number of benzene rings is 2. The second-order valence-electron chi connectivity index (χ2n) is 9.96. The Balaban J connectivity index is 1.68. The van der Waals surface area contributed by atoms with Gasteiger partial charge in [0.05, 0.1) is 18.2 Å². The summed E-state index contributed by atoms with van der Waals surface area (Å²) in [4.78, 5) is 40.2. The number of anilines is 1. The van der Waals surface area contributed by atoms with Crippen LogP contribution in [0.4, 0.5) is 18.9 Å². The molecule has 2 aromatic rings. The highest BCUT2D eigenvalue weighted by atomic mass is 19.4. The van der Waals surface area contributed by atoms with E-state index >= 15 is 0 Å². The maximum absolute atomic E-state index is 13.3. The number of nitrogens with one attached hydrogen (secondary N) is 2. The lowest BCUT2D eigenvalue weighted by molar-refractivity contribution is -0.137. The van der Waals surface area contributed by atoms with Crippen molar-refractivity contribution in [1.82, 2.24) is 10.2 Å². The van der Waals surface area contributed by atoms with Crippen molar-refractivity contribution in [2.75, 3.05) is 31.5 Å². The molecule has 15 heteroatoms. The highest BCUT2D eigenvalue weighted by molar-refractivity contribution is 6.61. The number of nitrogens with two attached hydrogens (primary N) is 3. The Kier molecular flexibility index (Phi) is 11.9. The summed E-state index contributed by atoms with van der Waals surface area (Å²) >= 11 is 0. The number of aryl methyl sites for hydroxylation is 1. The number of amides is 3. The van der Waals surface area contributed by atoms with Crippen LogP contribution in [0.2, 0.25) is 0 Å². The fraction of sp³-hybridized carbons (Fsp3) is 0.444. The van der Waals surface area contributed by atoms with E-state index in [-0.39, 0.29) is 51.3 Å². The van der Waals surface area contributed by atoms with Crippen molar-refractivity contribution in [2.45, 2.75) is 50.6 Å². The zero-order chi connectivity index (χ0) is 30.9. The molecule has 2 atom stereocenters. The molecule has 1 aliphatic heterocycles. The molecule has 0 aromatic heterocycles. The van der Waals surface area contributed by atoms with E-state index in [4.69, 9.17) is 21.9 Å². The molecule has 0 fully saturated rings. The van der Waals surface area contributed by atoms with Gasteiger partial charge in [-0.05, 0) is 60.1 Å². The molecule has 0 radical (unpaired) electrons. The van der Waals surface area contributed by atoms with Crippen LogP contribution >= 0.6 is 0 Å². The van der Waals surface area contributed by atoms with Crippen LogP contribution in [0.25, 0.3) is 0 Å². The zero-order valence-corrected chi connectivity index (χ0v) is 23.0. The highest BCUT2D eigenvalue weighted by Crippen LogP contribution is 2.29. The minimum Gasteiger partial charge on any atom is -0.423 e. The molecule has 3 amide bonds. The predicted molar refractivity (Wildman–Crippen MR) is 151 cm³/mol. The van der Waals surface area contributed by atoms with Gasteiger partial charge < -0.3 is 42.4 Å². The van der Waals surface area contributed by atoms with Gasteiger partial charge in [-0.25, -0.2) is 0 Å². The SMILES string of the molecule is NCCN(CCN)C(=O)CC[C@H](N)C(=O)N[C@H](CCc1ccc(C(F)(F)F)cc1)C(=O)Nc1ccc2c(c1)COB2O. The number of alkyl halides is 3. The van der Waals surface area contributed by atoms with Crippen LogP contribution in [0.5, 0.6) is 0 Å². The molecule has 3 rings (SSSR count). The smallest absolute Gasteiger partial charge is 0.423 e. The molecule has 9 N–H and O–H groups in total. The lowest BCUT2D eigenvalue weighted by Crippen LogP contribution is -2.50. The van der Waals surface area contributed by atoms with E-state index in [2.05, 4.69) is 10.6 Å². The average molecular weight is 592 g/mol. The number of carbonyl (C=O) groups is 3. The van der Waals surface area contributed by atoms with E-state index in [1.54, 1.807) is 18.2 Å².